The number of hydrazine groups is 2. The van der Waals surface area contributed by atoms with Gasteiger partial charge in [-0.1, -0.05) is 47.5 Å². The number of benzene rings is 2. The van der Waals surface area contributed by atoms with Crippen molar-refractivity contribution in [3.05, 3.63) is 175 Å². The van der Waals surface area contributed by atoms with Gasteiger partial charge in [0.25, 0.3) is 11.8 Å². The third kappa shape index (κ3) is 11.8. The van der Waals surface area contributed by atoms with Crippen LogP contribution in [0.3, 0.4) is 0 Å². The first kappa shape index (κ1) is 52.5. The van der Waals surface area contributed by atoms with Crippen LogP contribution >= 0.6 is 23.2 Å². The number of nitrogen functional groups attached to an aromatic ring is 1. The number of urea groups is 1. The van der Waals surface area contributed by atoms with E-state index in [-0.39, 0.29) is 68.2 Å². The molecule has 4 unspecified atom stereocenters. The number of carbonyl (C=O) groups is 5. The number of halogens is 4. The van der Waals surface area contributed by atoms with Gasteiger partial charge < -0.3 is 36.9 Å². The predicted molar refractivity (Wildman–Crippen MR) is 273 cm³/mol. The largest absolute Gasteiger partial charge is 0.344 e. The fourth-order valence-corrected chi connectivity index (χ4v) is 9.55. The second-order valence-electron chi connectivity index (χ2n) is 17.8. The molecule has 0 bridgehead atoms. The normalized spacial score (nSPS) is 18.3. The number of fused-ring (bicyclic) bond motifs is 4. The Balaban J connectivity index is 0.000000168. The molecule has 10 N–H and O–H groups in total. The van der Waals surface area contributed by atoms with Gasteiger partial charge >= 0.3 is 6.03 Å². The lowest BCUT2D eigenvalue weighted by Gasteiger charge is -2.22. The first-order valence-corrected chi connectivity index (χ1v) is 24.2. The van der Waals surface area contributed by atoms with Gasteiger partial charge in [-0.25, -0.2) is 29.4 Å². The van der Waals surface area contributed by atoms with Crippen molar-refractivity contribution in [3.63, 3.8) is 0 Å². The van der Waals surface area contributed by atoms with Crippen LogP contribution in [0.1, 0.15) is 90.1 Å². The number of anilines is 2. The standard InChI is InChI=1S/C26H25ClFN7O3.C14H13FN2.C11H14ClN5O2/c1-35-10-8-21(25(35)37)31-24(36)15-11-19(27)23(30-12-15)33-34-26(38)32-22-17-3-2-4-20(28)16(17)6-5-14-7-9-29-13-18(14)22;15-13-3-1-2-11-10(13)5-4-9-6-7-17-8-12(9)14(11)16;1-17-3-2-8(11(17)19)15-10(18)6-4-7(12)9(16-13)14-5-6/h2-4,7,9,11-13,21-22H,5-6,8,10H2,1H3,(H,30,33)(H,31,36)(H2,32,34,38);1-3,6-8,14H,4-5,16H2;4-5,8H,2-3,13H2,1H3,(H,14,16)(H,15,18). The van der Waals surface area contributed by atoms with Crippen LogP contribution in [0.4, 0.5) is 25.2 Å². The number of carbonyl (C=O) groups excluding carboxylic acids is 5. The van der Waals surface area contributed by atoms with E-state index in [4.69, 9.17) is 34.8 Å². The van der Waals surface area contributed by atoms with E-state index >= 15 is 0 Å². The molecule has 23 heteroatoms. The van der Waals surface area contributed by atoms with E-state index < -0.39 is 30.1 Å². The Morgan fingerprint density at radius 2 is 1.15 bits per heavy atom. The number of hydrogen-bond donors (Lipinski definition) is 8. The fourth-order valence-electron chi connectivity index (χ4n) is 9.12. The Bertz CT molecular complexity index is 3120. The summed E-state index contributed by atoms with van der Waals surface area (Å²) in [4.78, 5) is 80.6. The molecular formula is C51H52Cl2F2N14O5. The van der Waals surface area contributed by atoms with Gasteiger partial charge in [-0.05, 0) is 114 Å². The van der Waals surface area contributed by atoms with E-state index in [2.05, 4.69) is 52.2 Å². The number of rotatable bonds is 8. The van der Waals surface area contributed by atoms with Crippen molar-refractivity contribution in [2.75, 3.05) is 38.0 Å². The number of hydrogen-bond acceptors (Lipinski definition) is 13. The quantitative estimate of drug-likeness (QED) is 0.0730. The number of aromatic nitrogens is 4. The molecule has 4 aliphatic rings. The van der Waals surface area contributed by atoms with Gasteiger partial charge in [0, 0.05) is 69.9 Å². The van der Waals surface area contributed by atoms with Crippen molar-refractivity contribution in [1.82, 2.24) is 51.1 Å². The predicted octanol–water partition coefficient (Wildman–Crippen LogP) is 5.09. The van der Waals surface area contributed by atoms with Crippen molar-refractivity contribution < 1.29 is 32.8 Å². The maximum absolute atomic E-state index is 14.6. The van der Waals surface area contributed by atoms with Crippen LogP contribution in [-0.4, -0.2) is 98.7 Å². The first-order chi connectivity index (χ1) is 35.6. The first-order valence-electron chi connectivity index (χ1n) is 23.5. The van der Waals surface area contributed by atoms with Crippen molar-refractivity contribution >= 4 is 64.5 Å². The summed E-state index contributed by atoms with van der Waals surface area (Å²) in [5.41, 5.74) is 20.9. The van der Waals surface area contributed by atoms with Crippen LogP contribution in [0, 0.1) is 11.6 Å². The van der Waals surface area contributed by atoms with Crippen LogP contribution in [-0.2, 0) is 35.3 Å². The molecule has 2 saturated heterocycles. The van der Waals surface area contributed by atoms with Crippen LogP contribution in [0.5, 0.6) is 0 Å². The molecule has 4 atom stereocenters. The molecule has 384 valence electrons. The van der Waals surface area contributed by atoms with E-state index in [1.165, 1.54) is 42.2 Å². The number of nitrogens with zero attached hydrogens (tertiary/aromatic N) is 6. The highest BCUT2D eigenvalue weighted by Crippen LogP contribution is 2.34. The molecule has 0 spiro atoms. The molecule has 2 aromatic carbocycles. The van der Waals surface area contributed by atoms with Crippen molar-refractivity contribution in [3.8, 4) is 0 Å². The summed E-state index contributed by atoms with van der Waals surface area (Å²) in [6.07, 6.45) is 13.3. The second-order valence-corrected chi connectivity index (χ2v) is 18.6. The molecule has 0 radical (unpaired) electrons. The number of likely N-dealkylation sites (tertiary alicyclic amines) is 2. The van der Waals surface area contributed by atoms with Crippen LogP contribution in [0.2, 0.25) is 10.0 Å². The third-order valence-electron chi connectivity index (χ3n) is 13.2. The van der Waals surface area contributed by atoms with Crippen molar-refractivity contribution in [1.29, 1.82) is 0 Å². The van der Waals surface area contributed by atoms with Crippen LogP contribution in [0.25, 0.3) is 0 Å². The molecule has 4 aromatic heterocycles. The van der Waals surface area contributed by atoms with E-state index in [1.807, 2.05) is 18.2 Å². The van der Waals surface area contributed by atoms with Gasteiger partial charge in [-0.3, -0.25) is 40.0 Å². The number of pyridine rings is 4. The molecular weight excluding hydrogens is 998 g/mol. The van der Waals surface area contributed by atoms with Gasteiger partial charge in [-0.15, -0.1) is 0 Å². The molecule has 2 aliphatic carbocycles. The average Bonchev–Trinajstić information content (AvgIpc) is 3.76. The van der Waals surface area contributed by atoms with E-state index in [9.17, 15) is 32.8 Å². The summed E-state index contributed by atoms with van der Waals surface area (Å²) in [6.45, 7) is 1.21. The van der Waals surface area contributed by atoms with Gasteiger partial charge in [0.1, 0.15) is 23.7 Å². The molecule has 0 saturated carbocycles. The Morgan fingerprint density at radius 3 is 1.66 bits per heavy atom. The Hall–Kier alpha value is -7.85. The Kier molecular flexibility index (Phi) is 16.6. The summed E-state index contributed by atoms with van der Waals surface area (Å²) in [5.74, 6) is 4.02. The zero-order chi connectivity index (χ0) is 52.6. The lowest BCUT2D eigenvalue weighted by Crippen LogP contribution is -2.42. The Morgan fingerprint density at radius 1 is 0.649 bits per heavy atom. The minimum absolute atomic E-state index is 0.0873. The highest BCUT2D eigenvalue weighted by Gasteiger charge is 2.32. The van der Waals surface area contributed by atoms with Crippen LogP contribution in [0.15, 0.2) is 97.8 Å². The molecule has 2 fully saturated rings. The molecule has 6 heterocycles. The maximum Gasteiger partial charge on any atom is 0.334 e. The van der Waals surface area contributed by atoms with Crippen LogP contribution < -0.4 is 43.8 Å². The average molecular weight is 1050 g/mol. The SMILES string of the molecule is CN1CCC(NC(=O)c2cnc(NN)c(Cl)c2)C1=O.CN1CCC(NC(=O)c2cnc(NNC(=O)NC3c4cnccc4CCc4c(F)cccc43)c(Cl)c2)C1=O.NC1c2cnccc2CCc2c(F)cccc21. The molecule has 6 aromatic rings. The second kappa shape index (κ2) is 23.4. The fraction of sp³-hybridized carbons (Fsp3) is 0.275. The van der Waals surface area contributed by atoms with E-state index in [0.717, 1.165) is 34.2 Å². The monoisotopic (exact) mass is 1050 g/mol. The molecule has 10 rings (SSSR count). The summed E-state index contributed by atoms with van der Waals surface area (Å²) < 4.78 is 28.4. The number of amides is 6. The molecule has 2 aliphatic heterocycles. The van der Waals surface area contributed by atoms with Gasteiger partial charge in [0.2, 0.25) is 11.8 Å². The van der Waals surface area contributed by atoms with Gasteiger partial charge in [0.15, 0.2) is 11.6 Å². The number of likely N-dealkylation sites (N-methyl/N-ethyl adjacent to an activating group) is 2. The number of aryl methyl sites for hydroxylation is 2. The lowest BCUT2D eigenvalue weighted by molar-refractivity contribution is -0.128. The maximum atomic E-state index is 14.6. The van der Waals surface area contributed by atoms with E-state index in [0.29, 0.717) is 56.3 Å². The number of nitrogens with two attached hydrogens (primary N) is 2. The number of nitrogens with one attached hydrogen (secondary N) is 6. The van der Waals surface area contributed by atoms with Gasteiger partial charge in [-0.2, -0.15) is 0 Å². The summed E-state index contributed by atoms with van der Waals surface area (Å²) in [7, 11) is 3.38. The highest BCUT2D eigenvalue weighted by atomic mass is 35.5. The molecule has 19 nitrogen and oxygen atoms in total. The lowest BCUT2D eigenvalue weighted by atomic mass is 9.96. The zero-order valence-electron chi connectivity index (χ0n) is 40.1. The summed E-state index contributed by atoms with van der Waals surface area (Å²) >= 11 is 12.2. The Labute approximate surface area is 434 Å². The van der Waals surface area contributed by atoms with Crippen molar-refractivity contribution in [2.45, 2.75) is 62.7 Å². The molecule has 74 heavy (non-hydrogen) atoms. The highest BCUT2D eigenvalue weighted by molar-refractivity contribution is 6.33. The zero-order valence-corrected chi connectivity index (χ0v) is 41.6. The topological polar surface area (TPSA) is 268 Å². The minimum atomic E-state index is -0.624. The molecule has 6 amide bonds. The van der Waals surface area contributed by atoms with E-state index in [1.54, 1.807) is 66.9 Å². The third-order valence-corrected chi connectivity index (χ3v) is 13.7. The summed E-state index contributed by atoms with van der Waals surface area (Å²) in [5, 5.41) is 8.55. The van der Waals surface area contributed by atoms with Crippen molar-refractivity contribution in [2.24, 2.45) is 11.6 Å². The minimum Gasteiger partial charge on any atom is -0.344 e. The smallest absolute Gasteiger partial charge is 0.334 e. The summed E-state index contributed by atoms with van der Waals surface area (Å²) in [6, 6.07) is 14.0. The van der Waals surface area contributed by atoms with Gasteiger partial charge in [0.05, 0.1) is 33.3 Å².